The maximum Gasteiger partial charge on any atom is 0.197 e. The number of aliphatic hydroxyl groups is 1. The molecule has 4 nitrogen and oxygen atoms in total. The summed E-state index contributed by atoms with van der Waals surface area (Å²) < 4.78 is 6.64. The standard InChI is InChI=1S/C17H14B2Br2O4/c1-6(22)16-13(9-4-8(18)5-10(19)17(9)25-16)14(23)7-2-11(20)15(24)12(21)3-7/h2-6,22,24H,18-19H2,1H3. The SMILES string of the molecule is Bc1cc(B)c2oc(C(C)O)c(C(=O)c3cc(Br)c(O)c(Br)c3)c2c1. The van der Waals surface area contributed by atoms with E-state index in [2.05, 4.69) is 31.9 Å². The first-order valence-electron chi connectivity index (χ1n) is 7.65. The molecule has 0 aliphatic rings. The van der Waals surface area contributed by atoms with E-state index < -0.39 is 6.10 Å². The van der Waals surface area contributed by atoms with Crippen molar-refractivity contribution in [2.45, 2.75) is 13.0 Å². The highest BCUT2D eigenvalue weighted by Crippen LogP contribution is 2.36. The van der Waals surface area contributed by atoms with E-state index in [1.54, 1.807) is 19.1 Å². The predicted octanol–water partition coefficient (Wildman–Crippen LogP) is 1.46. The van der Waals surface area contributed by atoms with Crippen LogP contribution in [0.1, 0.15) is 34.7 Å². The van der Waals surface area contributed by atoms with Gasteiger partial charge in [-0.25, -0.2) is 0 Å². The average molecular weight is 464 g/mol. The van der Waals surface area contributed by atoms with Gasteiger partial charge in [0.2, 0.25) is 0 Å². The topological polar surface area (TPSA) is 70.7 Å². The van der Waals surface area contributed by atoms with Crippen LogP contribution in [0.15, 0.2) is 37.6 Å². The molecule has 8 heteroatoms. The van der Waals surface area contributed by atoms with Gasteiger partial charge in [0.1, 0.15) is 38.9 Å². The summed E-state index contributed by atoms with van der Waals surface area (Å²) in [6.45, 7) is 1.57. The van der Waals surface area contributed by atoms with Crippen LogP contribution in [-0.4, -0.2) is 31.7 Å². The molecule has 1 aromatic heterocycles. The second-order valence-corrected chi connectivity index (χ2v) is 7.80. The molecule has 1 atom stereocenters. The molecule has 3 rings (SSSR count). The lowest BCUT2D eigenvalue weighted by molar-refractivity contribution is 0.102. The number of furan rings is 1. The number of phenols is 1. The number of hydrogen-bond donors (Lipinski definition) is 2. The summed E-state index contributed by atoms with van der Waals surface area (Å²) in [5, 5.41) is 20.7. The summed E-state index contributed by atoms with van der Waals surface area (Å²) >= 11 is 6.49. The van der Waals surface area contributed by atoms with Crippen molar-refractivity contribution in [3.63, 3.8) is 0 Å². The first kappa shape index (κ1) is 18.3. The van der Waals surface area contributed by atoms with E-state index in [0.717, 1.165) is 10.9 Å². The molecule has 0 saturated heterocycles. The molecule has 0 bridgehead atoms. The van der Waals surface area contributed by atoms with Gasteiger partial charge in [-0.05, 0) is 56.4 Å². The average Bonchev–Trinajstić information content (AvgIpc) is 2.91. The van der Waals surface area contributed by atoms with Gasteiger partial charge in [0.25, 0.3) is 0 Å². The molecule has 0 saturated carbocycles. The van der Waals surface area contributed by atoms with Crippen LogP contribution in [0, 0.1) is 0 Å². The molecule has 3 aromatic rings. The van der Waals surface area contributed by atoms with Gasteiger partial charge in [0.15, 0.2) is 5.78 Å². The van der Waals surface area contributed by atoms with E-state index in [1.165, 1.54) is 0 Å². The number of rotatable bonds is 3. The maximum absolute atomic E-state index is 13.2. The lowest BCUT2D eigenvalue weighted by Gasteiger charge is -2.08. The number of fused-ring (bicyclic) bond motifs is 1. The van der Waals surface area contributed by atoms with Crippen LogP contribution in [0.25, 0.3) is 11.0 Å². The number of phenolic OH excluding ortho intramolecular Hbond substituents is 1. The number of aromatic hydroxyl groups is 1. The highest BCUT2D eigenvalue weighted by atomic mass is 79.9. The molecular weight excluding hydrogens is 450 g/mol. The Balaban J connectivity index is 2.30. The molecule has 0 aliphatic heterocycles. The summed E-state index contributed by atoms with van der Waals surface area (Å²) in [5.41, 5.74) is 3.23. The minimum absolute atomic E-state index is 0.0241. The van der Waals surface area contributed by atoms with E-state index in [0.29, 0.717) is 31.0 Å². The quantitative estimate of drug-likeness (QED) is 0.456. The van der Waals surface area contributed by atoms with Crippen molar-refractivity contribution in [2.75, 3.05) is 0 Å². The van der Waals surface area contributed by atoms with E-state index in [1.807, 2.05) is 27.8 Å². The van der Waals surface area contributed by atoms with Gasteiger partial charge in [0, 0.05) is 10.9 Å². The molecule has 0 aliphatic carbocycles. The normalized spacial score (nSPS) is 12.5. The fraction of sp³-hybridized carbons (Fsp3) is 0.118. The van der Waals surface area contributed by atoms with Crippen LogP contribution in [0.5, 0.6) is 5.75 Å². The summed E-state index contributed by atoms with van der Waals surface area (Å²) in [7, 11) is 3.86. The van der Waals surface area contributed by atoms with Gasteiger partial charge in [0.05, 0.1) is 14.5 Å². The maximum atomic E-state index is 13.2. The molecule has 25 heavy (non-hydrogen) atoms. The van der Waals surface area contributed by atoms with E-state index >= 15 is 0 Å². The summed E-state index contributed by atoms with van der Waals surface area (Å²) in [4.78, 5) is 13.2. The Morgan fingerprint density at radius 2 is 1.76 bits per heavy atom. The van der Waals surface area contributed by atoms with Crippen molar-refractivity contribution in [1.82, 2.24) is 0 Å². The van der Waals surface area contributed by atoms with Gasteiger partial charge >= 0.3 is 0 Å². The van der Waals surface area contributed by atoms with Crippen LogP contribution in [0.2, 0.25) is 0 Å². The minimum Gasteiger partial charge on any atom is -0.506 e. The van der Waals surface area contributed by atoms with Crippen molar-refractivity contribution in [1.29, 1.82) is 0 Å². The summed E-state index contributed by atoms with van der Waals surface area (Å²) in [5.74, 6) is -0.00823. The zero-order chi connectivity index (χ0) is 18.5. The van der Waals surface area contributed by atoms with Crippen LogP contribution < -0.4 is 10.9 Å². The Bertz CT molecular complexity index is 989. The molecule has 126 valence electrons. The van der Waals surface area contributed by atoms with Gasteiger partial charge in [-0.15, -0.1) is 0 Å². The smallest absolute Gasteiger partial charge is 0.197 e. The van der Waals surface area contributed by atoms with Crippen LogP contribution in [-0.2, 0) is 0 Å². The van der Waals surface area contributed by atoms with E-state index in [4.69, 9.17) is 4.42 Å². The molecule has 0 radical (unpaired) electrons. The Morgan fingerprint density at radius 1 is 1.16 bits per heavy atom. The second-order valence-electron chi connectivity index (χ2n) is 6.09. The zero-order valence-corrected chi connectivity index (χ0v) is 17.0. The number of ketones is 1. The Kier molecular flexibility index (Phi) is 4.88. The number of carbonyl (C=O) groups excluding carboxylic acids is 1. The highest BCUT2D eigenvalue weighted by molar-refractivity contribution is 9.11. The Morgan fingerprint density at radius 3 is 2.32 bits per heavy atom. The van der Waals surface area contributed by atoms with Crippen molar-refractivity contribution in [2.24, 2.45) is 0 Å². The first-order chi connectivity index (χ1) is 11.7. The third-order valence-electron chi connectivity index (χ3n) is 4.03. The van der Waals surface area contributed by atoms with E-state index in [9.17, 15) is 15.0 Å². The number of carbonyl (C=O) groups is 1. The summed E-state index contributed by atoms with van der Waals surface area (Å²) in [6, 6.07) is 6.96. The van der Waals surface area contributed by atoms with Crippen molar-refractivity contribution in [3.05, 3.63) is 50.1 Å². The minimum atomic E-state index is -0.921. The van der Waals surface area contributed by atoms with Crippen LogP contribution >= 0.6 is 31.9 Å². The van der Waals surface area contributed by atoms with Gasteiger partial charge in [-0.1, -0.05) is 17.6 Å². The fourth-order valence-electron chi connectivity index (χ4n) is 2.94. The third kappa shape index (κ3) is 3.18. The first-order valence-corrected chi connectivity index (χ1v) is 9.23. The second kappa shape index (κ2) is 6.67. The van der Waals surface area contributed by atoms with Gasteiger partial charge < -0.3 is 14.6 Å². The number of benzene rings is 2. The highest BCUT2D eigenvalue weighted by Gasteiger charge is 2.26. The Labute approximate surface area is 163 Å². The monoisotopic (exact) mass is 462 g/mol. The summed E-state index contributed by atoms with van der Waals surface area (Å²) in [6.07, 6.45) is -0.921. The fourth-order valence-corrected chi connectivity index (χ4v) is 4.13. The zero-order valence-electron chi connectivity index (χ0n) is 13.9. The van der Waals surface area contributed by atoms with Gasteiger partial charge in [-0.2, -0.15) is 0 Å². The third-order valence-corrected chi connectivity index (χ3v) is 5.24. The number of halogens is 2. The largest absolute Gasteiger partial charge is 0.506 e. The molecule has 1 heterocycles. The molecule has 0 fully saturated rings. The van der Waals surface area contributed by atoms with E-state index in [-0.39, 0.29) is 17.3 Å². The van der Waals surface area contributed by atoms with Gasteiger partial charge in [-0.3, -0.25) is 4.79 Å². The Hall–Kier alpha value is -1.50. The lowest BCUT2D eigenvalue weighted by Crippen LogP contribution is -2.14. The molecule has 2 aromatic carbocycles. The van der Waals surface area contributed by atoms with Crippen LogP contribution in [0.3, 0.4) is 0 Å². The molecular formula is C17H14B2Br2O4. The molecule has 2 N–H and O–H groups in total. The lowest BCUT2D eigenvalue weighted by atomic mass is 9.84. The number of hydrogen-bond acceptors (Lipinski definition) is 4. The molecule has 0 amide bonds. The molecule has 1 unspecified atom stereocenters. The predicted molar refractivity (Wildman–Crippen MR) is 110 cm³/mol. The van der Waals surface area contributed by atoms with Crippen molar-refractivity contribution >= 4 is 75.2 Å². The van der Waals surface area contributed by atoms with Crippen molar-refractivity contribution < 1.29 is 19.4 Å². The number of aliphatic hydroxyl groups excluding tert-OH is 1. The van der Waals surface area contributed by atoms with Crippen LogP contribution in [0.4, 0.5) is 0 Å². The molecule has 0 spiro atoms. The van der Waals surface area contributed by atoms with Crippen molar-refractivity contribution in [3.8, 4) is 5.75 Å².